The van der Waals surface area contributed by atoms with Gasteiger partial charge in [0.2, 0.25) is 0 Å². The zero-order valence-electron chi connectivity index (χ0n) is 21.5. The van der Waals surface area contributed by atoms with Crippen molar-refractivity contribution in [1.82, 2.24) is 4.57 Å². The number of esters is 1. The third-order valence-corrected chi connectivity index (χ3v) is 8.08. The molecule has 1 aliphatic heterocycles. The summed E-state index contributed by atoms with van der Waals surface area (Å²) >= 11 is 3.49. The first-order chi connectivity index (χ1) is 18.9. The van der Waals surface area contributed by atoms with Crippen LogP contribution >= 0.6 is 33.9 Å². The Bertz CT molecular complexity index is 1760. The fourth-order valence-electron chi connectivity index (χ4n) is 4.49. The van der Waals surface area contributed by atoms with Gasteiger partial charge in [-0.2, -0.15) is 0 Å². The predicted molar refractivity (Wildman–Crippen MR) is 160 cm³/mol. The molecular formula is C30H25IN2O5S. The van der Waals surface area contributed by atoms with Crippen molar-refractivity contribution >= 4 is 51.7 Å². The monoisotopic (exact) mass is 652 g/mol. The fraction of sp³-hybridized carbons (Fsp3) is 0.167. The fourth-order valence-corrected chi connectivity index (χ4v) is 6.25. The van der Waals surface area contributed by atoms with Crippen molar-refractivity contribution in [2.45, 2.75) is 13.0 Å². The number of carbonyl (C=O) groups is 1. The van der Waals surface area contributed by atoms with Gasteiger partial charge in [0.25, 0.3) is 5.56 Å². The van der Waals surface area contributed by atoms with Gasteiger partial charge in [-0.05, 0) is 71.0 Å². The topological polar surface area (TPSA) is 79.1 Å². The third kappa shape index (κ3) is 5.28. The van der Waals surface area contributed by atoms with Gasteiger partial charge in [-0.3, -0.25) is 9.36 Å². The van der Waals surface area contributed by atoms with Crippen LogP contribution in [0.2, 0.25) is 0 Å². The summed E-state index contributed by atoms with van der Waals surface area (Å²) in [5.74, 6) is 0.856. The molecule has 198 valence electrons. The van der Waals surface area contributed by atoms with Crippen LogP contribution in [0.1, 0.15) is 29.7 Å². The molecule has 0 N–H and O–H groups in total. The molecule has 39 heavy (non-hydrogen) atoms. The van der Waals surface area contributed by atoms with E-state index in [2.05, 4.69) is 22.6 Å². The van der Waals surface area contributed by atoms with Crippen LogP contribution in [-0.2, 0) is 9.53 Å². The molecule has 3 aromatic carbocycles. The molecule has 0 unspecified atom stereocenters. The molecule has 5 rings (SSSR count). The molecule has 1 aromatic heterocycles. The summed E-state index contributed by atoms with van der Waals surface area (Å²) in [5, 5.41) is 0. The van der Waals surface area contributed by atoms with Gasteiger partial charge in [-0.25, -0.2) is 9.79 Å². The molecule has 0 fully saturated rings. The highest BCUT2D eigenvalue weighted by Gasteiger charge is 2.35. The number of rotatable bonds is 7. The average Bonchev–Trinajstić information content (AvgIpc) is 3.27. The van der Waals surface area contributed by atoms with Gasteiger partial charge < -0.3 is 14.2 Å². The molecule has 1 aliphatic rings. The predicted octanol–water partition coefficient (Wildman–Crippen LogP) is 4.56. The zero-order valence-corrected chi connectivity index (χ0v) is 24.5. The van der Waals surface area contributed by atoms with Crippen molar-refractivity contribution < 1.29 is 19.0 Å². The zero-order chi connectivity index (χ0) is 27.5. The summed E-state index contributed by atoms with van der Waals surface area (Å²) in [6, 6.07) is 21.8. The van der Waals surface area contributed by atoms with E-state index in [0.717, 1.165) is 20.4 Å². The SMILES string of the molecule is CCOC(=O)C1=C(c2ccccc2)N=c2s/c(=C/c3ccc(OC)c(I)c3)c(=O)n2[C@H]1c1cccc(OC)c1. The van der Waals surface area contributed by atoms with Crippen LogP contribution in [0, 0.1) is 3.57 Å². The molecule has 0 radical (unpaired) electrons. The summed E-state index contributed by atoms with van der Waals surface area (Å²) in [5.41, 5.74) is 2.87. The van der Waals surface area contributed by atoms with E-state index < -0.39 is 12.0 Å². The highest BCUT2D eigenvalue weighted by molar-refractivity contribution is 14.1. The first-order valence-corrected chi connectivity index (χ1v) is 14.1. The third-order valence-electron chi connectivity index (χ3n) is 6.26. The van der Waals surface area contributed by atoms with Gasteiger partial charge in [-0.1, -0.05) is 59.9 Å². The van der Waals surface area contributed by atoms with Gasteiger partial charge in [0.05, 0.1) is 46.2 Å². The second kappa shape index (κ2) is 11.6. The number of ether oxygens (including phenoxy) is 3. The second-order valence-electron chi connectivity index (χ2n) is 8.60. The highest BCUT2D eigenvalue weighted by atomic mass is 127. The second-order valence-corrected chi connectivity index (χ2v) is 10.8. The van der Waals surface area contributed by atoms with Gasteiger partial charge in [0.1, 0.15) is 11.5 Å². The molecule has 0 bridgehead atoms. The number of halogens is 1. The smallest absolute Gasteiger partial charge is 0.338 e. The van der Waals surface area contributed by atoms with E-state index >= 15 is 0 Å². The van der Waals surface area contributed by atoms with Gasteiger partial charge in [0, 0.05) is 5.56 Å². The maximum Gasteiger partial charge on any atom is 0.338 e. The summed E-state index contributed by atoms with van der Waals surface area (Å²) in [7, 11) is 3.21. The van der Waals surface area contributed by atoms with Gasteiger partial charge >= 0.3 is 5.97 Å². The van der Waals surface area contributed by atoms with Gasteiger partial charge in [-0.15, -0.1) is 0 Å². The Labute approximate surface area is 242 Å². The van der Waals surface area contributed by atoms with Crippen molar-refractivity contribution in [2.75, 3.05) is 20.8 Å². The molecule has 0 amide bonds. The minimum absolute atomic E-state index is 0.190. The lowest BCUT2D eigenvalue weighted by molar-refractivity contribution is -0.138. The van der Waals surface area contributed by atoms with Crippen molar-refractivity contribution in [3.8, 4) is 11.5 Å². The van der Waals surface area contributed by atoms with Crippen molar-refractivity contribution in [2.24, 2.45) is 4.99 Å². The van der Waals surface area contributed by atoms with E-state index in [1.54, 1.807) is 25.7 Å². The van der Waals surface area contributed by atoms with Crippen LogP contribution in [0.25, 0.3) is 11.8 Å². The molecule has 4 aromatic rings. The van der Waals surface area contributed by atoms with Crippen LogP contribution in [0.4, 0.5) is 0 Å². The molecular weight excluding hydrogens is 627 g/mol. The van der Waals surface area contributed by atoms with Crippen LogP contribution < -0.4 is 24.4 Å². The number of benzene rings is 3. The normalized spacial score (nSPS) is 15.0. The summed E-state index contributed by atoms with van der Waals surface area (Å²) < 4.78 is 19.4. The molecule has 7 nitrogen and oxygen atoms in total. The van der Waals surface area contributed by atoms with Crippen molar-refractivity contribution in [1.29, 1.82) is 0 Å². The van der Waals surface area contributed by atoms with E-state index in [-0.39, 0.29) is 12.2 Å². The number of methoxy groups -OCH3 is 2. The van der Waals surface area contributed by atoms with Crippen molar-refractivity contribution in [3.05, 3.63) is 118 Å². The standard InChI is InChI=1S/C30H25IN2O5S/c1-4-38-29(35)25-26(19-9-6-5-7-10-19)32-30-33(27(25)20-11-8-12-21(17-20)36-2)28(34)24(39-30)16-18-13-14-23(37-3)22(31)15-18/h5-17,27H,4H2,1-3H3/b24-16+/t27-/m0/s1. The number of carbonyl (C=O) groups excluding carboxylic acids is 1. The Morgan fingerprint density at radius 3 is 2.54 bits per heavy atom. The maximum atomic E-state index is 14.0. The first-order valence-electron chi connectivity index (χ1n) is 12.2. The average molecular weight is 653 g/mol. The quantitative estimate of drug-likeness (QED) is 0.216. The minimum atomic E-state index is -0.760. The molecule has 0 spiro atoms. The number of hydrogen-bond acceptors (Lipinski definition) is 7. The van der Waals surface area contributed by atoms with E-state index in [1.807, 2.05) is 78.9 Å². The Kier molecular flexibility index (Phi) is 7.99. The molecule has 1 atom stereocenters. The van der Waals surface area contributed by atoms with Crippen LogP contribution in [-0.4, -0.2) is 31.4 Å². The van der Waals surface area contributed by atoms with Crippen LogP contribution in [0.5, 0.6) is 11.5 Å². The molecule has 0 aliphatic carbocycles. The molecule has 0 saturated heterocycles. The first kappa shape index (κ1) is 26.9. The van der Waals surface area contributed by atoms with E-state index in [4.69, 9.17) is 19.2 Å². The van der Waals surface area contributed by atoms with E-state index in [9.17, 15) is 9.59 Å². The van der Waals surface area contributed by atoms with Gasteiger partial charge in [0.15, 0.2) is 4.80 Å². The van der Waals surface area contributed by atoms with E-state index in [0.29, 0.717) is 31.9 Å². The number of aromatic nitrogens is 1. The maximum absolute atomic E-state index is 14.0. The molecule has 9 heteroatoms. The number of hydrogen-bond donors (Lipinski definition) is 0. The highest BCUT2D eigenvalue weighted by Crippen LogP contribution is 2.36. The van der Waals surface area contributed by atoms with Crippen LogP contribution in [0.15, 0.2) is 88.2 Å². The largest absolute Gasteiger partial charge is 0.497 e. The Morgan fingerprint density at radius 1 is 1.05 bits per heavy atom. The minimum Gasteiger partial charge on any atom is -0.497 e. The Morgan fingerprint density at radius 2 is 1.85 bits per heavy atom. The summed E-state index contributed by atoms with van der Waals surface area (Å²) in [4.78, 5) is 32.9. The molecule has 2 heterocycles. The van der Waals surface area contributed by atoms with E-state index in [1.165, 1.54) is 11.3 Å². The number of fused-ring (bicyclic) bond motifs is 1. The Hall–Kier alpha value is -3.70. The lowest BCUT2D eigenvalue weighted by Crippen LogP contribution is -2.40. The number of thiazole rings is 1. The summed E-state index contributed by atoms with van der Waals surface area (Å²) in [6.07, 6.45) is 1.84. The van der Waals surface area contributed by atoms with Crippen molar-refractivity contribution in [3.63, 3.8) is 0 Å². The Balaban J connectivity index is 1.81. The number of nitrogens with zero attached hydrogens (tertiary/aromatic N) is 2. The lowest BCUT2D eigenvalue weighted by Gasteiger charge is -2.26. The lowest BCUT2D eigenvalue weighted by atomic mass is 9.93. The van der Waals surface area contributed by atoms with Crippen LogP contribution in [0.3, 0.4) is 0 Å². The molecule has 0 saturated carbocycles. The summed E-state index contributed by atoms with van der Waals surface area (Å²) in [6.45, 7) is 1.95.